The van der Waals surface area contributed by atoms with E-state index in [0.717, 1.165) is 42.4 Å². The standard InChI is InChI=1S/C19H21ClN4O2/c1-13-21-17-5-6-24(19(25)14-3-2-4-15(20)11-14)12-16(17)18(22-13)23-7-9-26-10-8-23/h2-4,11H,5-10,12H2,1H3. The molecule has 1 amide bonds. The number of hydrogen-bond donors (Lipinski definition) is 0. The Labute approximate surface area is 157 Å². The van der Waals surface area contributed by atoms with E-state index in [9.17, 15) is 4.79 Å². The first-order chi connectivity index (χ1) is 12.6. The Morgan fingerprint density at radius 2 is 2.00 bits per heavy atom. The molecule has 6 nitrogen and oxygen atoms in total. The molecule has 0 spiro atoms. The van der Waals surface area contributed by atoms with E-state index in [1.54, 1.807) is 24.3 Å². The van der Waals surface area contributed by atoms with Gasteiger partial charge in [-0.05, 0) is 25.1 Å². The van der Waals surface area contributed by atoms with Gasteiger partial charge in [-0.2, -0.15) is 0 Å². The van der Waals surface area contributed by atoms with Crippen molar-refractivity contribution in [1.29, 1.82) is 0 Å². The zero-order chi connectivity index (χ0) is 18.1. The lowest BCUT2D eigenvalue weighted by Gasteiger charge is -2.34. The number of amides is 1. The van der Waals surface area contributed by atoms with Crippen molar-refractivity contribution in [3.8, 4) is 0 Å². The lowest BCUT2D eigenvalue weighted by atomic mass is 10.0. The number of aryl methyl sites for hydroxylation is 1. The summed E-state index contributed by atoms with van der Waals surface area (Å²) in [5, 5.41) is 0.571. The fourth-order valence-corrected chi connectivity index (χ4v) is 3.72. The van der Waals surface area contributed by atoms with Gasteiger partial charge in [-0.3, -0.25) is 4.79 Å². The third-order valence-corrected chi connectivity index (χ3v) is 5.05. The summed E-state index contributed by atoms with van der Waals surface area (Å²) in [6.45, 7) is 6.11. The second-order valence-electron chi connectivity index (χ2n) is 6.61. The zero-order valence-corrected chi connectivity index (χ0v) is 15.5. The molecule has 4 rings (SSSR count). The van der Waals surface area contributed by atoms with E-state index < -0.39 is 0 Å². The van der Waals surface area contributed by atoms with Gasteiger partial charge in [0.15, 0.2) is 0 Å². The summed E-state index contributed by atoms with van der Waals surface area (Å²) in [6, 6.07) is 7.10. The SMILES string of the molecule is Cc1nc2c(c(N3CCOCC3)n1)CN(C(=O)c1cccc(Cl)c1)CC2. The molecule has 0 unspecified atom stereocenters. The van der Waals surface area contributed by atoms with E-state index >= 15 is 0 Å². The predicted molar refractivity (Wildman–Crippen MR) is 99.7 cm³/mol. The number of fused-ring (bicyclic) bond motifs is 1. The number of morpholine rings is 1. The summed E-state index contributed by atoms with van der Waals surface area (Å²) in [5.74, 6) is 1.71. The maximum atomic E-state index is 12.9. The van der Waals surface area contributed by atoms with Crippen LogP contribution in [0, 0.1) is 6.92 Å². The molecule has 0 radical (unpaired) electrons. The first-order valence-electron chi connectivity index (χ1n) is 8.86. The fraction of sp³-hybridized carbons (Fsp3) is 0.421. The highest BCUT2D eigenvalue weighted by Crippen LogP contribution is 2.28. The van der Waals surface area contributed by atoms with E-state index in [2.05, 4.69) is 9.88 Å². The van der Waals surface area contributed by atoms with Gasteiger partial charge >= 0.3 is 0 Å². The van der Waals surface area contributed by atoms with Crippen LogP contribution in [0.2, 0.25) is 5.02 Å². The lowest BCUT2D eigenvalue weighted by Crippen LogP contribution is -2.41. The average molecular weight is 373 g/mol. The minimum Gasteiger partial charge on any atom is -0.378 e. The quantitative estimate of drug-likeness (QED) is 0.810. The van der Waals surface area contributed by atoms with E-state index in [-0.39, 0.29) is 5.91 Å². The smallest absolute Gasteiger partial charge is 0.254 e. The monoisotopic (exact) mass is 372 g/mol. The molecular formula is C19H21ClN4O2. The Hall–Kier alpha value is -2.18. The number of anilines is 1. The van der Waals surface area contributed by atoms with Crippen LogP contribution in [0.3, 0.4) is 0 Å². The molecule has 0 aliphatic carbocycles. The molecule has 7 heteroatoms. The maximum Gasteiger partial charge on any atom is 0.254 e. The first-order valence-corrected chi connectivity index (χ1v) is 9.23. The molecule has 0 saturated carbocycles. The van der Waals surface area contributed by atoms with Crippen LogP contribution < -0.4 is 4.90 Å². The summed E-state index contributed by atoms with van der Waals surface area (Å²) < 4.78 is 5.46. The molecule has 2 aromatic rings. The van der Waals surface area contributed by atoms with Crippen molar-refractivity contribution in [2.24, 2.45) is 0 Å². The highest BCUT2D eigenvalue weighted by molar-refractivity contribution is 6.30. The van der Waals surface area contributed by atoms with E-state index in [1.807, 2.05) is 11.8 Å². The van der Waals surface area contributed by atoms with Crippen molar-refractivity contribution in [2.75, 3.05) is 37.7 Å². The normalized spacial score (nSPS) is 17.2. The Bertz CT molecular complexity index is 836. The minimum absolute atomic E-state index is 0.00773. The molecule has 0 N–H and O–H groups in total. The van der Waals surface area contributed by atoms with Crippen LogP contribution in [0.5, 0.6) is 0 Å². The van der Waals surface area contributed by atoms with Gasteiger partial charge in [-0.25, -0.2) is 9.97 Å². The van der Waals surface area contributed by atoms with Crippen molar-refractivity contribution in [3.63, 3.8) is 0 Å². The van der Waals surface area contributed by atoms with E-state index in [4.69, 9.17) is 21.3 Å². The van der Waals surface area contributed by atoms with Crippen LogP contribution >= 0.6 is 11.6 Å². The van der Waals surface area contributed by atoms with Crippen molar-refractivity contribution in [2.45, 2.75) is 19.9 Å². The molecule has 0 atom stereocenters. The molecular weight excluding hydrogens is 352 g/mol. The molecule has 0 bridgehead atoms. The number of carbonyl (C=O) groups is 1. The third-order valence-electron chi connectivity index (χ3n) is 4.82. The third kappa shape index (κ3) is 3.39. The summed E-state index contributed by atoms with van der Waals surface area (Å²) in [4.78, 5) is 26.3. The molecule has 1 aromatic carbocycles. The summed E-state index contributed by atoms with van der Waals surface area (Å²) in [7, 11) is 0. The number of hydrogen-bond acceptors (Lipinski definition) is 5. The van der Waals surface area contributed by atoms with Gasteiger partial charge < -0.3 is 14.5 Å². The first kappa shape index (κ1) is 17.2. The molecule has 3 heterocycles. The Balaban J connectivity index is 1.64. The van der Waals surface area contributed by atoms with Crippen molar-refractivity contribution in [1.82, 2.24) is 14.9 Å². The number of nitrogens with zero attached hydrogens (tertiary/aromatic N) is 4. The topological polar surface area (TPSA) is 58.6 Å². The Morgan fingerprint density at radius 1 is 1.19 bits per heavy atom. The van der Waals surface area contributed by atoms with Crippen molar-refractivity contribution < 1.29 is 9.53 Å². The number of aromatic nitrogens is 2. The van der Waals surface area contributed by atoms with Gasteiger partial charge in [0.2, 0.25) is 0 Å². The van der Waals surface area contributed by atoms with E-state index in [0.29, 0.717) is 36.9 Å². The zero-order valence-electron chi connectivity index (χ0n) is 14.7. The van der Waals surface area contributed by atoms with Gasteiger partial charge in [0.25, 0.3) is 5.91 Å². The van der Waals surface area contributed by atoms with Gasteiger partial charge in [0.1, 0.15) is 11.6 Å². The maximum absolute atomic E-state index is 12.9. The molecule has 136 valence electrons. The van der Waals surface area contributed by atoms with Crippen LogP contribution in [-0.2, 0) is 17.7 Å². The number of carbonyl (C=O) groups excluding carboxylic acids is 1. The van der Waals surface area contributed by atoms with Gasteiger partial charge in [0, 0.05) is 42.2 Å². The lowest BCUT2D eigenvalue weighted by molar-refractivity contribution is 0.0733. The summed E-state index contributed by atoms with van der Waals surface area (Å²) in [5.41, 5.74) is 2.72. The van der Waals surface area contributed by atoms with Crippen LogP contribution in [-0.4, -0.2) is 53.6 Å². The van der Waals surface area contributed by atoms with Crippen molar-refractivity contribution >= 4 is 23.3 Å². The Morgan fingerprint density at radius 3 is 2.77 bits per heavy atom. The number of ether oxygens (including phenoxy) is 1. The minimum atomic E-state index is -0.00773. The molecule has 1 aromatic heterocycles. The molecule has 1 fully saturated rings. The number of rotatable bonds is 2. The van der Waals surface area contributed by atoms with Crippen LogP contribution in [0.15, 0.2) is 24.3 Å². The molecule has 1 saturated heterocycles. The average Bonchev–Trinajstić information content (AvgIpc) is 2.67. The fourth-order valence-electron chi connectivity index (χ4n) is 3.53. The van der Waals surface area contributed by atoms with E-state index in [1.165, 1.54) is 0 Å². The molecule has 2 aliphatic heterocycles. The van der Waals surface area contributed by atoms with Gasteiger partial charge in [0.05, 0.1) is 25.5 Å². The van der Waals surface area contributed by atoms with Crippen molar-refractivity contribution in [3.05, 3.63) is 51.9 Å². The van der Waals surface area contributed by atoms with Crippen LogP contribution in [0.25, 0.3) is 0 Å². The summed E-state index contributed by atoms with van der Waals surface area (Å²) in [6.07, 6.45) is 0.738. The number of halogens is 1. The van der Waals surface area contributed by atoms with Crippen LogP contribution in [0.4, 0.5) is 5.82 Å². The highest BCUT2D eigenvalue weighted by atomic mass is 35.5. The second kappa shape index (κ2) is 7.21. The van der Waals surface area contributed by atoms with Gasteiger partial charge in [-0.1, -0.05) is 17.7 Å². The predicted octanol–water partition coefficient (Wildman–Crippen LogP) is 2.47. The van der Waals surface area contributed by atoms with Crippen LogP contribution in [0.1, 0.15) is 27.4 Å². The number of benzene rings is 1. The largest absolute Gasteiger partial charge is 0.378 e. The molecule has 2 aliphatic rings. The molecule has 26 heavy (non-hydrogen) atoms. The highest BCUT2D eigenvalue weighted by Gasteiger charge is 2.28. The Kier molecular flexibility index (Phi) is 4.78. The second-order valence-corrected chi connectivity index (χ2v) is 7.04. The van der Waals surface area contributed by atoms with Gasteiger partial charge in [-0.15, -0.1) is 0 Å². The summed E-state index contributed by atoms with van der Waals surface area (Å²) >= 11 is 6.04.